The first-order valence-electron chi connectivity index (χ1n) is 8.81. The first kappa shape index (κ1) is 18.6. The lowest BCUT2D eigenvalue weighted by molar-refractivity contribution is 0.413. The van der Waals surface area contributed by atoms with Crippen molar-refractivity contribution in [1.82, 2.24) is 0 Å². The molecule has 4 aromatic rings. The van der Waals surface area contributed by atoms with E-state index in [-0.39, 0.29) is 11.6 Å². The highest BCUT2D eigenvalue weighted by Gasteiger charge is 2.18. The van der Waals surface area contributed by atoms with Gasteiger partial charge in [0.1, 0.15) is 17.4 Å². The van der Waals surface area contributed by atoms with E-state index in [9.17, 15) is 8.78 Å². The molecule has 0 fully saturated rings. The topological polar surface area (TPSA) is 9.23 Å². The van der Waals surface area contributed by atoms with Crippen molar-refractivity contribution in [3.05, 3.63) is 88.4 Å². The summed E-state index contributed by atoms with van der Waals surface area (Å²) in [5, 5.41) is 1.79. The van der Waals surface area contributed by atoms with Gasteiger partial charge in [-0.1, -0.05) is 46.3 Å². The van der Waals surface area contributed by atoms with E-state index in [1.165, 1.54) is 12.1 Å². The van der Waals surface area contributed by atoms with Crippen LogP contribution in [0.25, 0.3) is 33.0 Å². The number of ether oxygens (including phenoxy) is 1. The van der Waals surface area contributed by atoms with Crippen LogP contribution >= 0.6 is 15.9 Å². The fraction of sp³-hybridized carbons (Fsp3) is 0.0833. The molecule has 0 saturated heterocycles. The van der Waals surface area contributed by atoms with Gasteiger partial charge in [0, 0.05) is 21.2 Å². The summed E-state index contributed by atoms with van der Waals surface area (Å²) in [4.78, 5) is 0. The second kappa shape index (κ2) is 7.36. The Morgan fingerprint density at radius 3 is 2.07 bits per heavy atom. The smallest absolute Gasteiger partial charge is 0.131 e. The molecule has 0 aliphatic carbocycles. The Labute approximate surface area is 170 Å². The minimum Gasteiger partial charge on any atom is -0.496 e. The molecule has 0 bridgehead atoms. The predicted octanol–water partition coefficient (Wildman–Crippen LogP) is 7.53. The summed E-state index contributed by atoms with van der Waals surface area (Å²) in [7, 11) is 1.55. The van der Waals surface area contributed by atoms with Crippen molar-refractivity contribution < 1.29 is 13.5 Å². The van der Waals surface area contributed by atoms with Crippen LogP contribution in [0.5, 0.6) is 5.75 Å². The average Bonchev–Trinajstić information content (AvgIpc) is 2.69. The van der Waals surface area contributed by atoms with Crippen molar-refractivity contribution in [1.29, 1.82) is 0 Å². The monoisotopic (exact) mass is 438 g/mol. The van der Waals surface area contributed by atoms with Crippen LogP contribution in [0.15, 0.2) is 71.2 Å². The normalized spacial score (nSPS) is 11.0. The van der Waals surface area contributed by atoms with Crippen LogP contribution in [-0.2, 0) is 0 Å². The molecule has 1 nitrogen and oxygen atoms in total. The van der Waals surface area contributed by atoms with Crippen LogP contribution in [0.4, 0.5) is 8.78 Å². The lowest BCUT2D eigenvalue weighted by Crippen LogP contribution is -1.97. The van der Waals surface area contributed by atoms with Gasteiger partial charge in [0.2, 0.25) is 0 Å². The number of fused-ring (bicyclic) bond motifs is 1. The molecule has 0 radical (unpaired) electrons. The molecule has 0 heterocycles. The molecule has 4 aromatic carbocycles. The molecule has 0 spiro atoms. The lowest BCUT2D eigenvalue weighted by atomic mass is 9.93. The van der Waals surface area contributed by atoms with Gasteiger partial charge < -0.3 is 4.74 Å². The molecule has 0 amide bonds. The largest absolute Gasteiger partial charge is 0.496 e. The van der Waals surface area contributed by atoms with Crippen LogP contribution in [0.3, 0.4) is 0 Å². The van der Waals surface area contributed by atoms with Gasteiger partial charge in [-0.25, -0.2) is 8.78 Å². The molecule has 0 aromatic heterocycles. The zero-order chi connectivity index (χ0) is 19.8. The highest BCUT2D eigenvalue weighted by atomic mass is 79.9. The predicted molar refractivity (Wildman–Crippen MR) is 114 cm³/mol. The van der Waals surface area contributed by atoms with Crippen LogP contribution in [0, 0.1) is 18.6 Å². The minimum atomic E-state index is -0.321. The summed E-state index contributed by atoms with van der Waals surface area (Å²) >= 11 is 3.39. The number of hydrogen-bond donors (Lipinski definition) is 0. The standard InChI is InChI=1S/C24H17BrF2O/c1-14-18(21-13-17(25)7-10-22(21)26)8-9-19(24(14)28-2)20-11-15-5-3-4-6-16(15)12-23(20)27/h3-13H,1-2H3. The second-order valence-corrected chi connectivity index (χ2v) is 7.54. The molecule has 4 rings (SSSR count). The van der Waals surface area contributed by atoms with E-state index >= 15 is 0 Å². The van der Waals surface area contributed by atoms with Gasteiger partial charge in [-0.15, -0.1) is 0 Å². The van der Waals surface area contributed by atoms with Crippen molar-refractivity contribution in [3.8, 4) is 28.0 Å². The number of benzene rings is 4. The molecular formula is C24H17BrF2O. The van der Waals surface area contributed by atoms with Crippen LogP contribution < -0.4 is 4.74 Å². The van der Waals surface area contributed by atoms with E-state index in [1.807, 2.05) is 43.3 Å². The van der Waals surface area contributed by atoms with Gasteiger partial charge in [0.05, 0.1) is 7.11 Å². The van der Waals surface area contributed by atoms with Crippen LogP contribution in [-0.4, -0.2) is 7.11 Å². The third-order valence-corrected chi connectivity index (χ3v) is 5.45. The maximum atomic E-state index is 14.9. The summed E-state index contributed by atoms with van der Waals surface area (Å²) in [6.07, 6.45) is 0. The number of rotatable bonds is 3. The summed E-state index contributed by atoms with van der Waals surface area (Å²) < 4.78 is 35.7. The van der Waals surface area contributed by atoms with E-state index in [0.717, 1.165) is 20.8 Å². The number of halogens is 3. The number of methoxy groups -OCH3 is 1. The summed E-state index contributed by atoms with van der Waals surface area (Å²) in [5.74, 6) is -0.109. The van der Waals surface area contributed by atoms with E-state index in [4.69, 9.17) is 4.74 Å². The number of hydrogen-bond acceptors (Lipinski definition) is 1. The van der Waals surface area contributed by atoms with Crippen molar-refractivity contribution in [2.45, 2.75) is 6.92 Å². The lowest BCUT2D eigenvalue weighted by Gasteiger charge is -2.17. The third kappa shape index (κ3) is 3.18. The Morgan fingerprint density at radius 1 is 0.714 bits per heavy atom. The fourth-order valence-electron chi connectivity index (χ4n) is 3.58. The van der Waals surface area contributed by atoms with E-state index in [1.54, 1.807) is 25.3 Å². The van der Waals surface area contributed by atoms with Crippen molar-refractivity contribution in [2.24, 2.45) is 0 Å². The minimum absolute atomic E-state index is 0.321. The zero-order valence-electron chi connectivity index (χ0n) is 15.4. The second-order valence-electron chi connectivity index (χ2n) is 6.62. The molecule has 0 atom stereocenters. The molecule has 28 heavy (non-hydrogen) atoms. The molecule has 0 aliphatic rings. The van der Waals surface area contributed by atoms with Crippen molar-refractivity contribution >= 4 is 26.7 Å². The van der Waals surface area contributed by atoms with E-state index in [2.05, 4.69) is 15.9 Å². The highest BCUT2D eigenvalue weighted by molar-refractivity contribution is 9.10. The Kier molecular flexibility index (Phi) is 4.90. The first-order chi connectivity index (χ1) is 13.5. The zero-order valence-corrected chi connectivity index (χ0v) is 17.0. The Bertz CT molecular complexity index is 1200. The molecular weight excluding hydrogens is 422 g/mol. The summed E-state index contributed by atoms with van der Waals surface area (Å²) in [5.41, 5.74) is 3.03. The van der Waals surface area contributed by atoms with Gasteiger partial charge in [-0.05, 0) is 65.2 Å². The Morgan fingerprint density at radius 2 is 1.36 bits per heavy atom. The summed E-state index contributed by atoms with van der Waals surface area (Å²) in [6, 6.07) is 19.4. The van der Waals surface area contributed by atoms with Crippen LogP contribution in [0.2, 0.25) is 0 Å². The quantitative estimate of drug-likeness (QED) is 0.321. The SMILES string of the molecule is COc1c(-c2cc3ccccc3cc2F)ccc(-c2cc(Br)ccc2F)c1C. The molecule has 140 valence electrons. The molecule has 0 saturated carbocycles. The Balaban J connectivity index is 1.94. The van der Waals surface area contributed by atoms with Gasteiger partial charge in [0.25, 0.3) is 0 Å². The van der Waals surface area contributed by atoms with Gasteiger partial charge in [0.15, 0.2) is 0 Å². The van der Waals surface area contributed by atoms with Crippen molar-refractivity contribution in [2.75, 3.05) is 7.11 Å². The third-order valence-electron chi connectivity index (χ3n) is 4.95. The molecule has 0 unspecified atom stereocenters. The van der Waals surface area contributed by atoms with Gasteiger partial charge >= 0.3 is 0 Å². The Hall–Kier alpha value is -2.72. The average molecular weight is 439 g/mol. The maximum absolute atomic E-state index is 14.9. The highest BCUT2D eigenvalue weighted by Crippen LogP contribution is 2.41. The van der Waals surface area contributed by atoms with E-state index in [0.29, 0.717) is 28.0 Å². The van der Waals surface area contributed by atoms with Gasteiger partial charge in [-0.3, -0.25) is 0 Å². The fourth-order valence-corrected chi connectivity index (χ4v) is 3.94. The maximum Gasteiger partial charge on any atom is 0.131 e. The molecule has 0 N–H and O–H groups in total. The molecule has 4 heteroatoms. The van der Waals surface area contributed by atoms with Gasteiger partial charge in [-0.2, -0.15) is 0 Å². The molecule has 0 aliphatic heterocycles. The van der Waals surface area contributed by atoms with Crippen LogP contribution in [0.1, 0.15) is 5.56 Å². The van der Waals surface area contributed by atoms with Crippen molar-refractivity contribution in [3.63, 3.8) is 0 Å². The van der Waals surface area contributed by atoms with E-state index < -0.39 is 0 Å². The first-order valence-corrected chi connectivity index (χ1v) is 9.60. The summed E-state index contributed by atoms with van der Waals surface area (Å²) in [6.45, 7) is 1.86.